The highest BCUT2D eigenvalue weighted by Gasteiger charge is 2.39. The Labute approximate surface area is 110 Å². The standard InChI is InChI=1S/C14H16F3NO/c1-2-13(19)11-5-3-4-6-12(11)18(10-7-8-10)9-14(15,16)17/h3-6,10H,2,7-9H2,1H3. The predicted molar refractivity (Wildman–Crippen MR) is 67.5 cm³/mol. The lowest BCUT2D eigenvalue weighted by molar-refractivity contribution is -0.120. The summed E-state index contributed by atoms with van der Waals surface area (Å²) in [5, 5.41) is 0. The Kier molecular flexibility index (Phi) is 3.83. The number of ketones is 1. The number of nitrogens with zero attached hydrogens (tertiary/aromatic N) is 1. The summed E-state index contributed by atoms with van der Waals surface area (Å²) in [5.74, 6) is -0.122. The van der Waals surface area contributed by atoms with Crippen molar-refractivity contribution in [2.24, 2.45) is 0 Å². The van der Waals surface area contributed by atoms with Crippen molar-refractivity contribution in [1.82, 2.24) is 0 Å². The van der Waals surface area contributed by atoms with Crippen molar-refractivity contribution in [2.45, 2.75) is 38.4 Å². The molecule has 1 aromatic rings. The molecule has 0 aromatic heterocycles. The molecule has 104 valence electrons. The number of benzene rings is 1. The van der Waals surface area contributed by atoms with Gasteiger partial charge in [-0.25, -0.2) is 0 Å². The van der Waals surface area contributed by atoms with Crippen molar-refractivity contribution in [3.63, 3.8) is 0 Å². The molecule has 2 nitrogen and oxygen atoms in total. The molecular formula is C14H16F3NO. The Morgan fingerprint density at radius 3 is 2.47 bits per heavy atom. The number of Topliss-reactive ketones (excluding diaryl/α,β-unsaturated/α-hetero) is 1. The highest BCUT2D eigenvalue weighted by Crippen LogP contribution is 2.36. The fourth-order valence-corrected chi connectivity index (χ4v) is 2.14. The molecular weight excluding hydrogens is 255 g/mol. The summed E-state index contributed by atoms with van der Waals surface area (Å²) in [6.45, 7) is 0.718. The van der Waals surface area contributed by atoms with Crippen LogP contribution in [-0.2, 0) is 0 Å². The SMILES string of the molecule is CCC(=O)c1ccccc1N(CC(F)(F)F)C1CC1. The van der Waals surface area contributed by atoms with E-state index in [4.69, 9.17) is 0 Å². The maximum Gasteiger partial charge on any atom is 0.405 e. The van der Waals surface area contributed by atoms with E-state index in [1.165, 1.54) is 4.90 Å². The van der Waals surface area contributed by atoms with E-state index in [1.807, 2.05) is 0 Å². The fourth-order valence-electron chi connectivity index (χ4n) is 2.14. The molecule has 0 aliphatic heterocycles. The van der Waals surface area contributed by atoms with Gasteiger partial charge in [0.2, 0.25) is 0 Å². The fraction of sp³-hybridized carbons (Fsp3) is 0.500. The predicted octanol–water partition coefficient (Wildman–Crippen LogP) is 3.81. The van der Waals surface area contributed by atoms with Crippen LogP contribution in [0.5, 0.6) is 0 Å². The first-order valence-corrected chi connectivity index (χ1v) is 6.38. The van der Waals surface area contributed by atoms with Gasteiger partial charge in [-0.1, -0.05) is 19.1 Å². The zero-order valence-corrected chi connectivity index (χ0v) is 10.7. The number of carbonyl (C=O) groups excluding carboxylic acids is 1. The van der Waals surface area contributed by atoms with Gasteiger partial charge in [-0.15, -0.1) is 0 Å². The summed E-state index contributed by atoms with van der Waals surface area (Å²) in [4.78, 5) is 13.2. The molecule has 0 bridgehead atoms. The number of carbonyl (C=O) groups is 1. The Hall–Kier alpha value is -1.52. The number of halogens is 3. The summed E-state index contributed by atoms with van der Waals surface area (Å²) < 4.78 is 38.0. The van der Waals surface area contributed by atoms with Gasteiger partial charge in [0.05, 0.1) is 0 Å². The number of anilines is 1. The molecule has 0 atom stereocenters. The van der Waals surface area contributed by atoms with Crippen molar-refractivity contribution in [3.8, 4) is 0 Å². The van der Waals surface area contributed by atoms with Crippen LogP contribution in [0.1, 0.15) is 36.5 Å². The quantitative estimate of drug-likeness (QED) is 0.759. The smallest absolute Gasteiger partial charge is 0.359 e. The normalized spacial score (nSPS) is 15.4. The lowest BCUT2D eigenvalue weighted by atomic mass is 10.1. The van der Waals surface area contributed by atoms with E-state index in [0.29, 0.717) is 17.7 Å². The minimum atomic E-state index is -4.26. The number of rotatable bonds is 5. The van der Waals surface area contributed by atoms with E-state index < -0.39 is 12.7 Å². The van der Waals surface area contributed by atoms with Gasteiger partial charge in [0.15, 0.2) is 5.78 Å². The molecule has 0 radical (unpaired) electrons. The Morgan fingerprint density at radius 2 is 1.95 bits per heavy atom. The van der Waals surface area contributed by atoms with E-state index in [9.17, 15) is 18.0 Å². The maximum absolute atomic E-state index is 12.7. The Bertz CT molecular complexity index is 466. The first kappa shape index (κ1) is 13.9. The molecule has 1 aliphatic rings. The maximum atomic E-state index is 12.7. The van der Waals surface area contributed by atoms with Crippen molar-refractivity contribution >= 4 is 11.5 Å². The number of hydrogen-bond acceptors (Lipinski definition) is 2. The average Bonchev–Trinajstić information content (AvgIpc) is 3.18. The third-order valence-corrected chi connectivity index (χ3v) is 3.17. The van der Waals surface area contributed by atoms with E-state index in [-0.39, 0.29) is 11.8 Å². The number of hydrogen-bond donors (Lipinski definition) is 0. The van der Waals surface area contributed by atoms with E-state index in [0.717, 1.165) is 12.8 Å². The molecule has 0 spiro atoms. The van der Waals surface area contributed by atoms with E-state index >= 15 is 0 Å². The molecule has 1 aliphatic carbocycles. The summed E-state index contributed by atoms with van der Waals surface area (Å²) in [5.41, 5.74) is 0.801. The molecule has 1 fully saturated rings. The van der Waals surface area contributed by atoms with Crippen LogP contribution < -0.4 is 4.90 Å². The molecule has 0 unspecified atom stereocenters. The third kappa shape index (κ3) is 3.49. The molecule has 2 rings (SSSR count). The minimum absolute atomic E-state index is 0.0903. The Balaban J connectivity index is 2.34. The minimum Gasteiger partial charge on any atom is -0.359 e. The second-order valence-corrected chi connectivity index (χ2v) is 4.77. The highest BCUT2D eigenvalue weighted by molar-refractivity contribution is 6.01. The molecule has 0 heterocycles. The van der Waals surface area contributed by atoms with Crippen LogP contribution in [-0.4, -0.2) is 24.5 Å². The largest absolute Gasteiger partial charge is 0.405 e. The van der Waals surface area contributed by atoms with Gasteiger partial charge in [0.25, 0.3) is 0 Å². The molecule has 19 heavy (non-hydrogen) atoms. The second-order valence-electron chi connectivity index (χ2n) is 4.77. The van der Waals surface area contributed by atoms with Crippen molar-refractivity contribution in [2.75, 3.05) is 11.4 Å². The molecule has 1 saturated carbocycles. The average molecular weight is 271 g/mol. The van der Waals surface area contributed by atoms with Crippen LogP contribution in [0.15, 0.2) is 24.3 Å². The molecule has 0 amide bonds. The second kappa shape index (κ2) is 5.23. The molecule has 1 aromatic carbocycles. The first-order valence-electron chi connectivity index (χ1n) is 6.38. The van der Waals surface area contributed by atoms with Gasteiger partial charge in [0, 0.05) is 23.7 Å². The molecule has 5 heteroatoms. The molecule has 0 saturated heterocycles. The van der Waals surface area contributed by atoms with Crippen LogP contribution in [0, 0.1) is 0 Å². The summed E-state index contributed by atoms with van der Waals surface area (Å²) >= 11 is 0. The van der Waals surface area contributed by atoms with Crippen molar-refractivity contribution < 1.29 is 18.0 Å². The van der Waals surface area contributed by atoms with Gasteiger partial charge in [-0.2, -0.15) is 13.2 Å². The van der Waals surface area contributed by atoms with Crippen LogP contribution >= 0.6 is 0 Å². The third-order valence-electron chi connectivity index (χ3n) is 3.17. The zero-order chi connectivity index (χ0) is 14.0. The van der Waals surface area contributed by atoms with E-state index in [2.05, 4.69) is 0 Å². The monoisotopic (exact) mass is 271 g/mol. The molecule has 0 N–H and O–H groups in total. The summed E-state index contributed by atoms with van der Waals surface area (Å²) in [7, 11) is 0. The van der Waals surface area contributed by atoms with Gasteiger partial charge in [0.1, 0.15) is 6.54 Å². The first-order chi connectivity index (χ1) is 8.92. The van der Waals surface area contributed by atoms with Gasteiger partial charge < -0.3 is 4.90 Å². The lowest BCUT2D eigenvalue weighted by Gasteiger charge is -2.27. The van der Waals surface area contributed by atoms with E-state index in [1.54, 1.807) is 31.2 Å². The van der Waals surface area contributed by atoms with Crippen LogP contribution in [0.25, 0.3) is 0 Å². The topological polar surface area (TPSA) is 20.3 Å². The number of para-hydroxylation sites is 1. The van der Waals surface area contributed by atoms with Crippen LogP contribution in [0.2, 0.25) is 0 Å². The summed E-state index contributed by atoms with van der Waals surface area (Å²) in [6.07, 6.45) is -2.46. The van der Waals surface area contributed by atoms with Crippen molar-refractivity contribution in [1.29, 1.82) is 0 Å². The van der Waals surface area contributed by atoms with Crippen LogP contribution in [0.3, 0.4) is 0 Å². The lowest BCUT2D eigenvalue weighted by Crippen LogP contribution is -2.36. The summed E-state index contributed by atoms with van der Waals surface area (Å²) in [6, 6.07) is 6.48. The van der Waals surface area contributed by atoms with Gasteiger partial charge >= 0.3 is 6.18 Å². The highest BCUT2D eigenvalue weighted by atomic mass is 19.4. The Morgan fingerprint density at radius 1 is 1.32 bits per heavy atom. The van der Waals surface area contributed by atoms with Gasteiger partial charge in [-0.05, 0) is 25.0 Å². The number of alkyl halides is 3. The van der Waals surface area contributed by atoms with Gasteiger partial charge in [-0.3, -0.25) is 4.79 Å². The zero-order valence-electron chi connectivity index (χ0n) is 10.7. The van der Waals surface area contributed by atoms with Crippen LogP contribution in [0.4, 0.5) is 18.9 Å². The van der Waals surface area contributed by atoms with Crippen molar-refractivity contribution in [3.05, 3.63) is 29.8 Å².